The zero-order valence-electron chi connectivity index (χ0n) is 7.73. The molecule has 2 N–H and O–H groups in total. The first kappa shape index (κ1) is 8.88. The van der Waals surface area contributed by atoms with Crippen LogP contribution in [0.3, 0.4) is 0 Å². The molecule has 0 saturated heterocycles. The van der Waals surface area contributed by atoms with Gasteiger partial charge < -0.3 is 10.5 Å². The van der Waals surface area contributed by atoms with E-state index < -0.39 is 0 Å². The van der Waals surface area contributed by atoms with Gasteiger partial charge in [0.25, 0.3) is 0 Å². The fraction of sp³-hybridized carbons (Fsp3) is 0.400. The molecule has 1 aliphatic heterocycles. The van der Waals surface area contributed by atoms with Crippen molar-refractivity contribution in [1.82, 2.24) is 0 Å². The van der Waals surface area contributed by atoms with Crippen LogP contribution in [0, 0.1) is 6.92 Å². The van der Waals surface area contributed by atoms with E-state index in [2.05, 4.69) is 22.9 Å². The molecule has 13 heavy (non-hydrogen) atoms. The number of ether oxygens (including phenoxy) is 1. The Morgan fingerprint density at radius 2 is 2.31 bits per heavy atom. The van der Waals surface area contributed by atoms with Crippen LogP contribution in [0.1, 0.15) is 18.1 Å². The summed E-state index contributed by atoms with van der Waals surface area (Å²) in [6.07, 6.45) is 1.19. The molecule has 1 aliphatic rings. The first-order valence-corrected chi connectivity index (χ1v) is 5.13. The Morgan fingerprint density at radius 1 is 1.62 bits per heavy atom. The lowest BCUT2D eigenvalue weighted by molar-refractivity contribution is 0.256. The van der Waals surface area contributed by atoms with E-state index in [1.54, 1.807) is 0 Å². The van der Waals surface area contributed by atoms with Gasteiger partial charge in [-0.15, -0.1) is 0 Å². The molecule has 1 aromatic carbocycles. The summed E-state index contributed by atoms with van der Waals surface area (Å²) < 4.78 is 6.76. The normalized spacial score (nSPS) is 19.8. The number of fused-ring (bicyclic) bond motifs is 1. The predicted octanol–water partition coefficient (Wildman–Crippen LogP) is 2.66. The highest BCUT2D eigenvalue weighted by Gasteiger charge is 2.24. The molecule has 0 amide bonds. The van der Waals surface area contributed by atoms with Crippen LogP contribution in [0.25, 0.3) is 0 Å². The molecule has 0 radical (unpaired) electrons. The summed E-state index contributed by atoms with van der Waals surface area (Å²) in [5.41, 5.74) is 9.00. The maximum atomic E-state index is 5.86. The minimum absolute atomic E-state index is 0.246. The van der Waals surface area contributed by atoms with Crippen molar-refractivity contribution in [3.05, 3.63) is 21.7 Å². The molecule has 0 spiro atoms. The Morgan fingerprint density at radius 3 is 3.00 bits per heavy atom. The lowest BCUT2D eigenvalue weighted by Crippen LogP contribution is -2.05. The number of halogens is 1. The van der Waals surface area contributed by atoms with Crippen LogP contribution in [0.5, 0.6) is 5.75 Å². The smallest absolute Gasteiger partial charge is 0.147 e. The molecule has 0 aliphatic carbocycles. The molecular formula is C10H12BrNO. The van der Waals surface area contributed by atoms with Crippen LogP contribution in [-0.2, 0) is 6.42 Å². The average Bonchev–Trinajstić information content (AvgIpc) is 2.44. The summed E-state index contributed by atoms with van der Waals surface area (Å²) in [7, 11) is 0. The third kappa shape index (κ3) is 1.31. The first-order chi connectivity index (χ1) is 6.09. The number of aryl methyl sites for hydroxylation is 1. The van der Waals surface area contributed by atoms with Gasteiger partial charge in [-0.3, -0.25) is 0 Å². The predicted molar refractivity (Wildman–Crippen MR) is 57.1 cm³/mol. The Hall–Kier alpha value is -0.700. The first-order valence-electron chi connectivity index (χ1n) is 4.33. The van der Waals surface area contributed by atoms with Gasteiger partial charge in [0.1, 0.15) is 11.9 Å². The van der Waals surface area contributed by atoms with Crippen molar-refractivity contribution in [2.75, 3.05) is 5.73 Å². The minimum Gasteiger partial charge on any atom is -0.488 e. The Labute approximate surface area is 86.2 Å². The third-order valence-corrected chi connectivity index (χ3v) is 3.43. The van der Waals surface area contributed by atoms with E-state index in [1.165, 1.54) is 11.1 Å². The number of hydrogen-bond donors (Lipinski definition) is 1. The zero-order chi connectivity index (χ0) is 9.59. The van der Waals surface area contributed by atoms with Crippen LogP contribution in [0.15, 0.2) is 10.5 Å². The van der Waals surface area contributed by atoms with Gasteiger partial charge in [-0.05, 0) is 25.5 Å². The highest BCUT2D eigenvalue weighted by molar-refractivity contribution is 9.10. The van der Waals surface area contributed by atoms with Crippen LogP contribution < -0.4 is 10.5 Å². The van der Waals surface area contributed by atoms with Crippen LogP contribution in [0.4, 0.5) is 5.69 Å². The largest absolute Gasteiger partial charge is 0.488 e. The lowest BCUT2D eigenvalue weighted by atomic mass is 10.1. The Kier molecular flexibility index (Phi) is 1.99. The highest BCUT2D eigenvalue weighted by Crippen LogP contribution is 2.40. The van der Waals surface area contributed by atoms with Gasteiger partial charge in [0.2, 0.25) is 0 Å². The van der Waals surface area contributed by atoms with Crippen molar-refractivity contribution in [3.63, 3.8) is 0 Å². The quantitative estimate of drug-likeness (QED) is 0.710. The summed E-state index contributed by atoms with van der Waals surface area (Å²) >= 11 is 3.56. The van der Waals surface area contributed by atoms with Gasteiger partial charge in [0.05, 0.1) is 5.69 Å². The third-order valence-electron chi connectivity index (χ3n) is 2.33. The van der Waals surface area contributed by atoms with E-state index in [0.29, 0.717) is 0 Å². The summed E-state index contributed by atoms with van der Waals surface area (Å²) in [4.78, 5) is 0. The molecule has 2 rings (SSSR count). The number of benzene rings is 1. The zero-order valence-corrected chi connectivity index (χ0v) is 9.31. The SMILES string of the molecule is Cc1cc(N)c2c(c1Br)C[C@H](C)O2. The fourth-order valence-electron chi connectivity index (χ4n) is 1.73. The van der Waals surface area contributed by atoms with E-state index in [1.807, 2.05) is 13.0 Å². The number of anilines is 1. The fourth-order valence-corrected chi connectivity index (χ4v) is 2.18. The summed E-state index contributed by atoms with van der Waals surface area (Å²) in [6.45, 7) is 4.10. The van der Waals surface area contributed by atoms with Crippen LogP contribution in [0.2, 0.25) is 0 Å². The van der Waals surface area contributed by atoms with Gasteiger partial charge in [-0.1, -0.05) is 15.9 Å². The average molecular weight is 242 g/mol. The molecule has 1 aromatic rings. The number of rotatable bonds is 0. The van der Waals surface area contributed by atoms with Gasteiger partial charge in [-0.25, -0.2) is 0 Å². The summed E-state index contributed by atoms with van der Waals surface area (Å²) in [5.74, 6) is 0.866. The van der Waals surface area contributed by atoms with Crippen molar-refractivity contribution in [1.29, 1.82) is 0 Å². The second kappa shape index (κ2) is 2.91. The van der Waals surface area contributed by atoms with Gasteiger partial charge in [0.15, 0.2) is 0 Å². The van der Waals surface area contributed by atoms with Gasteiger partial charge in [0, 0.05) is 16.5 Å². The van der Waals surface area contributed by atoms with Crippen LogP contribution >= 0.6 is 15.9 Å². The molecule has 0 saturated carbocycles. The van der Waals surface area contributed by atoms with Crippen molar-refractivity contribution in [2.45, 2.75) is 26.4 Å². The molecule has 0 unspecified atom stereocenters. The second-order valence-electron chi connectivity index (χ2n) is 3.54. The topological polar surface area (TPSA) is 35.2 Å². The minimum atomic E-state index is 0.246. The van der Waals surface area contributed by atoms with E-state index in [0.717, 1.165) is 22.3 Å². The van der Waals surface area contributed by atoms with Crippen molar-refractivity contribution in [3.8, 4) is 5.75 Å². The van der Waals surface area contributed by atoms with Crippen LogP contribution in [-0.4, -0.2) is 6.10 Å². The molecule has 70 valence electrons. The van der Waals surface area contributed by atoms with Crippen molar-refractivity contribution >= 4 is 21.6 Å². The van der Waals surface area contributed by atoms with E-state index in [-0.39, 0.29) is 6.10 Å². The number of nitrogens with two attached hydrogens (primary N) is 1. The van der Waals surface area contributed by atoms with E-state index in [4.69, 9.17) is 10.5 Å². The number of hydrogen-bond acceptors (Lipinski definition) is 2. The molecular weight excluding hydrogens is 230 g/mol. The molecule has 0 bridgehead atoms. The molecule has 0 aromatic heterocycles. The Bertz CT molecular complexity index is 362. The number of nitrogen functional groups attached to an aromatic ring is 1. The second-order valence-corrected chi connectivity index (χ2v) is 4.33. The maximum absolute atomic E-state index is 5.86. The molecule has 1 atom stereocenters. The standard InChI is InChI=1S/C10H12BrNO/c1-5-3-8(12)10-7(9(5)11)4-6(2)13-10/h3,6H,4,12H2,1-2H3/t6-/m0/s1. The Balaban J connectivity index is 2.62. The lowest BCUT2D eigenvalue weighted by Gasteiger charge is -2.08. The van der Waals surface area contributed by atoms with Gasteiger partial charge >= 0.3 is 0 Å². The highest BCUT2D eigenvalue weighted by atomic mass is 79.9. The van der Waals surface area contributed by atoms with Gasteiger partial charge in [-0.2, -0.15) is 0 Å². The van der Waals surface area contributed by atoms with Crippen molar-refractivity contribution < 1.29 is 4.74 Å². The summed E-state index contributed by atoms with van der Waals surface area (Å²) in [5, 5.41) is 0. The van der Waals surface area contributed by atoms with E-state index >= 15 is 0 Å². The molecule has 3 heteroatoms. The molecule has 2 nitrogen and oxygen atoms in total. The van der Waals surface area contributed by atoms with Crippen molar-refractivity contribution in [2.24, 2.45) is 0 Å². The van der Waals surface area contributed by atoms with E-state index in [9.17, 15) is 0 Å². The molecule has 1 heterocycles. The monoisotopic (exact) mass is 241 g/mol. The molecule has 0 fully saturated rings. The maximum Gasteiger partial charge on any atom is 0.147 e. The summed E-state index contributed by atoms with van der Waals surface area (Å²) in [6, 6.07) is 1.95.